The zero-order valence-corrected chi connectivity index (χ0v) is 11.6. The summed E-state index contributed by atoms with van der Waals surface area (Å²) in [7, 11) is 0. The van der Waals surface area contributed by atoms with Gasteiger partial charge in [-0.1, -0.05) is 12.1 Å². The minimum Gasteiger partial charge on any atom is -0.348 e. The highest BCUT2D eigenvalue weighted by molar-refractivity contribution is 7.97. The molecule has 1 fully saturated rings. The summed E-state index contributed by atoms with van der Waals surface area (Å²) in [6.45, 7) is 1.95. The smallest absolute Gasteiger partial charge is 0.251 e. The summed E-state index contributed by atoms with van der Waals surface area (Å²) in [5.41, 5.74) is 2.02. The van der Waals surface area contributed by atoms with Gasteiger partial charge in [0.15, 0.2) is 0 Å². The van der Waals surface area contributed by atoms with Gasteiger partial charge in [0.2, 0.25) is 0 Å². The van der Waals surface area contributed by atoms with Crippen LogP contribution in [0.5, 0.6) is 0 Å². The van der Waals surface area contributed by atoms with Gasteiger partial charge >= 0.3 is 0 Å². The number of nitrogens with one attached hydrogen (secondary N) is 2. The maximum atomic E-state index is 12.0. The second-order valence-electron chi connectivity index (χ2n) is 4.65. The van der Waals surface area contributed by atoms with Crippen molar-refractivity contribution in [1.29, 1.82) is 0 Å². The van der Waals surface area contributed by atoms with E-state index in [-0.39, 0.29) is 11.9 Å². The Morgan fingerprint density at radius 3 is 2.83 bits per heavy atom. The Kier molecular flexibility index (Phi) is 5.08. The lowest BCUT2D eigenvalue weighted by Gasteiger charge is -2.23. The van der Waals surface area contributed by atoms with E-state index in [0.29, 0.717) is 0 Å². The normalized spacial score (nSPS) is 19.5. The molecule has 0 spiro atoms. The van der Waals surface area contributed by atoms with Crippen molar-refractivity contribution < 1.29 is 4.79 Å². The van der Waals surface area contributed by atoms with E-state index < -0.39 is 0 Å². The van der Waals surface area contributed by atoms with Crippen molar-refractivity contribution in [3.63, 3.8) is 0 Å². The Bertz CT molecular complexity index is 385. The molecule has 0 radical (unpaired) electrons. The van der Waals surface area contributed by atoms with Gasteiger partial charge in [-0.3, -0.25) is 4.79 Å². The zero-order chi connectivity index (χ0) is 12.8. The first-order valence-electron chi connectivity index (χ1n) is 6.39. The molecule has 4 heteroatoms. The van der Waals surface area contributed by atoms with Crippen molar-refractivity contribution in [2.24, 2.45) is 0 Å². The average molecular weight is 264 g/mol. The summed E-state index contributed by atoms with van der Waals surface area (Å²) >= 11 is 1.79. The van der Waals surface area contributed by atoms with Crippen LogP contribution in [-0.4, -0.2) is 31.3 Å². The number of thioether (sulfide) groups is 1. The molecular weight excluding hydrogens is 244 g/mol. The van der Waals surface area contributed by atoms with Gasteiger partial charge in [-0.15, -0.1) is 0 Å². The SMILES string of the molecule is CSCc1ccc(C(=O)NC2CCCNC2)cc1. The molecule has 0 saturated carbocycles. The molecule has 1 aliphatic heterocycles. The van der Waals surface area contributed by atoms with Crippen molar-refractivity contribution >= 4 is 17.7 Å². The van der Waals surface area contributed by atoms with Crippen LogP contribution >= 0.6 is 11.8 Å². The number of carbonyl (C=O) groups excluding carboxylic acids is 1. The standard InChI is InChI=1S/C14H20N2OS/c1-18-10-11-4-6-12(7-5-11)14(17)16-13-3-2-8-15-9-13/h4-7,13,15H,2-3,8-10H2,1H3,(H,16,17). The van der Waals surface area contributed by atoms with E-state index in [1.165, 1.54) is 5.56 Å². The van der Waals surface area contributed by atoms with Crippen molar-refractivity contribution in [2.75, 3.05) is 19.3 Å². The molecule has 1 amide bonds. The molecule has 1 aliphatic rings. The highest BCUT2D eigenvalue weighted by atomic mass is 32.2. The molecule has 3 nitrogen and oxygen atoms in total. The fourth-order valence-electron chi connectivity index (χ4n) is 2.16. The summed E-state index contributed by atoms with van der Waals surface area (Å²) in [6.07, 6.45) is 4.29. The molecule has 0 aliphatic carbocycles. The molecule has 0 bridgehead atoms. The Labute approximate surface area is 113 Å². The molecule has 1 atom stereocenters. The highest BCUT2D eigenvalue weighted by Gasteiger charge is 2.15. The summed E-state index contributed by atoms with van der Waals surface area (Å²) in [5, 5.41) is 6.38. The Hall–Kier alpha value is -1.00. The van der Waals surface area contributed by atoms with Gasteiger partial charge in [0.05, 0.1) is 0 Å². The van der Waals surface area contributed by atoms with Crippen LogP contribution in [0.4, 0.5) is 0 Å². The lowest BCUT2D eigenvalue weighted by Crippen LogP contribution is -2.45. The third kappa shape index (κ3) is 3.75. The second-order valence-corrected chi connectivity index (χ2v) is 5.51. The molecule has 18 heavy (non-hydrogen) atoms. The van der Waals surface area contributed by atoms with E-state index in [4.69, 9.17) is 0 Å². The Morgan fingerprint density at radius 1 is 1.44 bits per heavy atom. The summed E-state index contributed by atoms with van der Waals surface area (Å²) in [4.78, 5) is 12.0. The number of amides is 1. The van der Waals surface area contributed by atoms with Crippen molar-refractivity contribution in [2.45, 2.75) is 24.6 Å². The average Bonchev–Trinajstić information content (AvgIpc) is 2.41. The maximum Gasteiger partial charge on any atom is 0.251 e. The topological polar surface area (TPSA) is 41.1 Å². The predicted molar refractivity (Wildman–Crippen MR) is 77.0 cm³/mol. The Morgan fingerprint density at radius 2 is 2.22 bits per heavy atom. The minimum atomic E-state index is 0.0411. The van der Waals surface area contributed by atoms with Crippen LogP contribution in [0, 0.1) is 0 Å². The van der Waals surface area contributed by atoms with E-state index in [0.717, 1.165) is 37.2 Å². The first-order valence-corrected chi connectivity index (χ1v) is 7.78. The molecule has 1 saturated heterocycles. The Balaban J connectivity index is 1.91. The van der Waals surface area contributed by atoms with E-state index >= 15 is 0 Å². The monoisotopic (exact) mass is 264 g/mol. The van der Waals surface area contributed by atoms with Gasteiger partial charge in [-0.2, -0.15) is 11.8 Å². The highest BCUT2D eigenvalue weighted by Crippen LogP contribution is 2.11. The summed E-state index contributed by atoms with van der Waals surface area (Å²) in [6, 6.07) is 8.17. The number of rotatable bonds is 4. The van der Waals surface area contributed by atoms with E-state index in [9.17, 15) is 4.79 Å². The summed E-state index contributed by atoms with van der Waals surface area (Å²) < 4.78 is 0. The van der Waals surface area contributed by atoms with Gasteiger partial charge in [-0.25, -0.2) is 0 Å². The third-order valence-electron chi connectivity index (χ3n) is 3.16. The molecule has 1 heterocycles. The van der Waals surface area contributed by atoms with Gasteiger partial charge in [0.25, 0.3) is 5.91 Å². The van der Waals surface area contributed by atoms with E-state index in [1.807, 2.05) is 24.3 Å². The molecule has 98 valence electrons. The molecule has 2 rings (SSSR count). The lowest BCUT2D eigenvalue weighted by molar-refractivity contribution is 0.0930. The first kappa shape index (κ1) is 13.4. The quantitative estimate of drug-likeness (QED) is 0.874. The van der Waals surface area contributed by atoms with Crippen LogP contribution in [0.25, 0.3) is 0 Å². The number of hydrogen-bond donors (Lipinski definition) is 2. The zero-order valence-electron chi connectivity index (χ0n) is 10.7. The van der Waals surface area contributed by atoms with Gasteiger partial charge in [0, 0.05) is 23.9 Å². The predicted octanol–water partition coefficient (Wildman–Crippen LogP) is 2.03. The second kappa shape index (κ2) is 6.81. The number of piperidine rings is 1. The third-order valence-corrected chi connectivity index (χ3v) is 3.78. The van der Waals surface area contributed by atoms with Gasteiger partial charge in [0.1, 0.15) is 0 Å². The minimum absolute atomic E-state index is 0.0411. The molecule has 1 aromatic rings. The van der Waals surface area contributed by atoms with Crippen LogP contribution in [-0.2, 0) is 5.75 Å². The van der Waals surface area contributed by atoms with Crippen molar-refractivity contribution in [3.05, 3.63) is 35.4 Å². The van der Waals surface area contributed by atoms with Gasteiger partial charge in [-0.05, 0) is 43.3 Å². The molecule has 1 aromatic carbocycles. The van der Waals surface area contributed by atoms with Gasteiger partial charge < -0.3 is 10.6 Å². The van der Waals surface area contributed by atoms with Crippen molar-refractivity contribution in [1.82, 2.24) is 10.6 Å². The number of carbonyl (C=O) groups is 1. The van der Waals surface area contributed by atoms with Crippen LogP contribution in [0.15, 0.2) is 24.3 Å². The van der Waals surface area contributed by atoms with Crippen LogP contribution in [0.3, 0.4) is 0 Å². The van der Waals surface area contributed by atoms with Crippen molar-refractivity contribution in [3.8, 4) is 0 Å². The number of hydrogen-bond acceptors (Lipinski definition) is 3. The number of benzene rings is 1. The lowest BCUT2D eigenvalue weighted by atomic mass is 10.1. The largest absolute Gasteiger partial charge is 0.348 e. The van der Waals surface area contributed by atoms with Crippen LogP contribution in [0.2, 0.25) is 0 Å². The van der Waals surface area contributed by atoms with E-state index in [2.05, 4.69) is 16.9 Å². The fraction of sp³-hybridized carbons (Fsp3) is 0.500. The van der Waals surface area contributed by atoms with E-state index in [1.54, 1.807) is 11.8 Å². The van der Waals surface area contributed by atoms with Crippen LogP contribution in [0.1, 0.15) is 28.8 Å². The summed E-state index contributed by atoms with van der Waals surface area (Å²) in [5.74, 6) is 1.04. The van der Waals surface area contributed by atoms with Crippen LogP contribution < -0.4 is 10.6 Å². The molecular formula is C14H20N2OS. The maximum absolute atomic E-state index is 12.0. The molecule has 2 N–H and O–H groups in total. The molecule has 0 aromatic heterocycles. The first-order chi connectivity index (χ1) is 8.79. The molecule has 1 unspecified atom stereocenters. The fourth-order valence-corrected chi connectivity index (χ4v) is 2.69.